The van der Waals surface area contributed by atoms with Gasteiger partial charge in [-0.3, -0.25) is 4.98 Å². The van der Waals surface area contributed by atoms with Crippen LogP contribution in [0.4, 0.5) is 0 Å². The maximum absolute atomic E-state index is 6.50. The Bertz CT molecular complexity index is 2720. The summed E-state index contributed by atoms with van der Waals surface area (Å²) in [4.78, 5) is 14.7. The van der Waals surface area contributed by atoms with Crippen LogP contribution in [-0.2, 0) is 26.5 Å². The molecular formula is C42H31N5OPt. The van der Waals surface area contributed by atoms with Crippen LogP contribution in [0.25, 0.3) is 66.3 Å². The molecule has 6 nitrogen and oxygen atoms in total. The minimum atomic E-state index is 0. The summed E-state index contributed by atoms with van der Waals surface area (Å²) >= 11 is 0. The SMILES string of the molecule is Cc1ccccc1-c1cn2c(n1)c1[c-]c(Oc3[c-]c(-n4c5cc(C(C)(C)C)ccc5c5cccnc54)ccc3)ccc1c1cccnc12.[Pt+2]. The van der Waals surface area contributed by atoms with Gasteiger partial charge in [-0.15, -0.1) is 30.3 Å². The Labute approximate surface area is 298 Å². The Morgan fingerprint density at radius 3 is 2.20 bits per heavy atom. The third-order valence-electron chi connectivity index (χ3n) is 9.18. The summed E-state index contributed by atoms with van der Waals surface area (Å²) < 4.78 is 10.7. The largest absolute Gasteiger partial charge is 2.00 e. The molecule has 0 bridgehead atoms. The molecule has 9 rings (SSSR count). The number of aryl methyl sites for hydroxylation is 1. The molecule has 0 saturated heterocycles. The maximum Gasteiger partial charge on any atom is 2.00 e. The van der Waals surface area contributed by atoms with Crippen molar-refractivity contribution in [3.8, 4) is 28.4 Å². The second-order valence-electron chi connectivity index (χ2n) is 13.3. The van der Waals surface area contributed by atoms with E-state index in [0.717, 1.165) is 66.3 Å². The molecule has 9 aromatic rings. The molecule has 49 heavy (non-hydrogen) atoms. The standard InChI is InChI=1S/C42H31N5O.Pt/c1-26-10-5-6-13-31(26)37-25-46-39-34(14-8-20-43-39)32-19-17-30(24-36(32)41(46)45-37)48-29-12-7-11-28(23-29)47-38-22-27(42(2,3)4)16-18-33(38)35-15-9-21-44-40(35)47;/h5-22,25H,1-4H3;/q-2;+2. The number of ether oxygens (including phenoxy) is 1. The molecule has 7 heteroatoms. The molecule has 0 aliphatic heterocycles. The van der Waals surface area contributed by atoms with Gasteiger partial charge in [-0.1, -0.05) is 85.8 Å². The van der Waals surface area contributed by atoms with E-state index >= 15 is 0 Å². The van der Waals surface area contributed by atoms with Gasteiger partial charge in [-0.2, -0.15) is 6.07 Å². The van der Waals surface area contributed by atoms with Gasteiger partial charge in [0.1, 0.15) is 11.3 Å². The smallest absolute Gasteiger partial charge is 0.503 e. The fraction of sp³-hybridized carbons (Fsp3) is 0.119. The number of aromatic nitrogens is 5. The number of benzene rings is 4. The number of imidazole rings is 1. The van der Waals surface area contributed by atoms with Crippen LogP contribution in [0.2, 0.25) is 0 Å². The first-order chi connectivity index (χ1) is 23.3. The van der Waals surface area contributed by atoms with E-state index in [1.54, 1.807) is 0 Å². The van der Waals surface area contributed by atoms with E-state index in [1.807, 2.05) is 54.9 Å². The van der Waals surface area contributed by atoms with Gasteiger partial charge < -0.3 is 13.7 Å². The van der Waals surface area contributed by atoms with Gasteiger partial charge in [0, 0.05) is 46.4 Å². The van der Waals surface area contributed by atoms with E-state index in [0.29, 0.717) is 11.5 Å². The van der Waals surface area contributed by atoms with Crippen LogP contribution >= 0.6 is 0 Å². The predicted octanol–water partition coefficient (Wildman–Crippen LogP) is 10.2. The number of pyridine rings is 3. The molecule has 0 amide bonds. The Morgan fingerprint density at radius 1 is 0.673 bits per heavy atom. The zero-order valence-corrected chi connectivity index (χ0v) is 29.7. The second kappa shape index (κ2) is 11.7. The number of hydrogen-bond acceptors (Lipinski definition) is 4. The molecule has 0 atom stereocenters. The molecule has 5 heterocycles. The topological polar surface area (TPSA) is 57.2 Å². The summed E-state index contributed by atoms with van der Waals surface area (Å²) in [5.41, 5.74) is 8.88. The van der Waals surface area contributed by atoms with E-state index in [1.165, 1.54) is 11.1 Å². The van der Waals surface area contributed by atoms with Crippen LogP contribution in [0.1, 0.15) is 31.9 Å². The van der Waals surface area contributed by atoms with Crippen molar-refractivity contribution in [1.29, 1.82) is 0 Å². The van der Waals surface area contributed by atoms with Gasteiger partial charge in [0.15, 0.2) is 0 Å². The van der Waals surface area contributed by atoms with E-state index in [2.05, 4.69) is 110 Å². The summed E-state index contributed by atoms with van der Waals surface area (Å²) in [5.74, 6) is 1.17. The zero-order chi connectivity index (χ0) is 32.6. The second-order valence-corrected chi connectivity index (χ2v) is 13.3. The minimum absolute atomic E-state index is 0. The van der Waals surface area contributed by atoms with Gasteiger partial charge >= 0.3 is 21.1 Å². The number of hydrogen-bond donors (Lipinski definition) is 0. The average Bonchev–Trinajstić information content (AvgIpc) is 3.69. The molecule has 240 valence electrons. The fourth-order valence-corrected chi connectivity index (χ4v) is 6.74. The first-order valence-corrected chi connectivity index (χ1v) is 16.1. The monoisotopic (exact) mass is 816 g/mol. The van der Waals surface area contributed by atoms with Crippen LogP contribution in [-0.4, -0.2) is 23.9 Å². The first-order valence-electron chi connectivity index (χ1n) is 16.1. The zero-order valence-electron chi connectivity index (χ0n) is 27.4. The third-order valence-corrected chi connectivity index (χ3v) is 9.18. The molecule has 0 fully saturated rings. The summed E-state index contributed by atoms with van der Waals surface area (Å²) in [5, 5.41) is 5.17. The molecule has 0 unspecified atom stereocenters. The van der Waals surface area contributed by atoms with E-state index in [4.69, 9.17) is 19.7 Å². The molecule has 0 spiro atoms. The first kappa shape index (κ1) is 31.0. The molecule has 0 saturated carbocycles. The van der Waals surface area contributed by atoms with E-state index < -0.39 is 0 Å². The summed E-state index contributed by atoms with van der Waals surface area (Å²) in [6.07, 6.45) is 5.73. The van der Waals surface area contributed by atoms with Crippen molar-refractivity contribution in [3.63, 3.8) is 0 Å². The average molecular weight is 817 g/mol. The van der Waals surface area contributed by atoms with Crippen molar-refractivity contribution in [2.45, 2.75) is 33.1 Å². The summed E-state index contributed by atoms with van der Waals surface area (Å²) in [6, 6.07) is 40.3. The molecule has 0 aliphatic carbocycles. The molecule has 4 aromatic carbocycles. The van der Waals surface area contributed by atoms with Crippen LogP contribution in [0.3, 0.4) is 0 Å². The summed E-state index contributed by atoms with van der Waals surface area (Å²) in [6.45, 7) is 8.82. The van der Waals surface area contributed by atoms with Crippen molar-refractivity contribution in [2.24, 2.45) is 0 Å². The predicted molar refractivity (Wildman–Crippen MR) is 193 cm³/mol. The van der Waals surface area contributed by atoms with Gasteiger partial charge in [-0.25, -0.2) is 9.97 Å². The van der Waals surface area contributed by atoms with E-state index in [9.17, 15) is 0 Å². The quantitative estimate of drug-likeness (QED) is 0.131. The molecule has 5 aromatic heterocycles. The number of rotatable bonds is 4. The van der Waals surface area contributed by atoms with Crippen molar-refractivity contribution in [2.75, 3.05) is 0 Å². The normalized spacial score (nSPS) is 11.9. The van der Waals surface area contributed by atoms with Crippen LogP contribution in [0, 0.1) is 19.1 Å². The van der Waals surface area contributed by atoms with Gasteiger partial charge in [0.2, 0.25) is 0 Å². The summed E-state index contributed by atoms with van der Waals surface area (Å²) in [7, 11) is 0. The van der Waals surface area contributed by atoms with Crippen LogP contribution in [0.5, 0.6) is 11.5 Å². The fourth-order valence-electron chi connectivity index (χ4n) is 6.74. The Kier molecular flexibility index (Phi) is 7.38. The Morgan fingerprint density at radius 2 is 1.41 bits per heavy atom. The van der Waals surface area contributed by atoms with E-state index in [-0.39, 0.29) is 26.5 Å². The van der Waals surface area contributed by atoms with Gasteiger partial charge in [-0.05, 0) is 53.1 Å². The Hall–Kier alpha value is -5.32. The molecular weight excluding hydrogens is 786 g/mol. The van der Waals surface area contributed by atoms with Crippen molar-refractivity contribution in [1.82, 2.24) is 23.9 Å². The number of nitrogens with zero attached hydrogens (tertiary/aromatic N) is 5. The Balaban J connectivity index is 0.00000348. The number of fused-ring (bicyclic) bond motifs is 9. The van der Waals surface area contributed by atoms with Crippen LogP contribution in [0.15, 0.2) is 116 Å². The van der Waals surface area contributed by atoms with Crippen molar-refractivity contribution in [3.05, 3.63) is 139 Å². The molecule has 0 radical (unpaired) electrons. The van der Waals surface area contributed by atoms with Crippen molar-refractivity contribution < 1.29 is 25.8 Å². The van der Waals surface area contributed by atoms with Gasteiger partial charge in [0.05, 0.1) is 16.9 Å². The van der Waals surface area contributed by atoms with Crippen LogP contribution < -0.4 is 4.74 Å². The minimum Gasteiger partial charge on any atom is -0.503 e. The maximum atomic E-state index is 6.50. The van der Waals surface area contributed by atoms with Gasteiger partial charge in [0.25, 0.3) is 0 Å². The third kappa shape index (κ3) is 5.10. The molecule has 0 aliphatic rings. The van der Waals surface area contributed by atoms with Crippen molar-refractivity contribution >= 4 is 49.4 Å². The molecule has 0 N–H and O–H groups in total.